The Morgan fingerprint density at radius 3 is 0.444 bits per heavy atom. The molecule has 0 saturated carbocycles. The Labute approximate surface area is 114 Å². The summed E-state index contributed by atoms with van der Waals surface area (Å²) in [5.74, 6) is 0. The van der Waals surface area contributed by atoms with Crippen LogP contribution in [0.2, 0.25) is 0 Å². The van der Waals surface area contributed by atoms with E-state index in [0.29, 0.717) is 0 Å². The second kappa shape index (κ2) is 121. The maximum atomic E-state index is 8.52. The summed E-state index contributed by atoms with van der Waals surface area (Å²) < 4.78 is 34.1. The van der Waals surface area contributed by atoms with Gasteiger partial charge in [-0.3, -0.25) is 8.42 Å². The van der Waals surface area contributed by atoms with E-state index in [-0.39, 0.29) is 85.2 Å². The first-order chi connectivity index (χ1) is 2.00. The summed E-state index contributed by atoms with van der Waals surface area (Å²) in [6.45, 7) is 0. The van der Waals surface area contributed by atoms with E-state index < -0.39 is 10.4 Å². The van der Waals surface area contributed by atoms with E-state index >= 15 is 0 Å². The third kappa shape index (κ3) is 20200000. The molecular weight excluding hydrogens is 353 g/mol. The molecule has 0 aromatic carbocycles. The van der Waals surface area contributed by atoms with Crippen LogP contribution in [-0.4, -0.2) is 83.2 Å². The van der Waals surface area contributed by atoms with Crippen molar-refractivity contribution in [1.82, 2.24) is 0 Å². The van der Waals surface area contributed by atoms with Gasteiger partial charge in [-0.2, -0.15) is 0 Å². The summed E-state index contributed by atoms with van der Waals surface area (Å²) >= 11 is 0. The average molecular weight is 378 g/mol. The van der Waals surface area contributed by atoms with Gasteiger partial charge in [-0.25, -0.2) is 0 Å². The predicted octanol–water partition coefficient (Wildman–Crippen LogP) is -11.2. The molecule has 0 spiro atoms. The van der Waals surface area contributed by atoms with Crippen LogP contribution in [0.3, 0.4) is 0 Å². The molecule has 0 rings (SSSR count). The summed E-state index contributed by atoms with van der Waals surface area (Å²) in [7, 11) is -5.17. The zero-order chi connectivity index (χ0) is 4.50. The smallest absolute Gasteiger partial charge is 0.759 e. The molecule has 0 aliphatic rings. The second-order valence-electron chi connectivity index (χ2n) is 0.408. The molecule has 0 saturated heterocycles. The van der Waals surface area contributed by atoms with Crippen LogP contribution in [0.4, 0.5) is 0 Å². The monoisotopic (exact) mass is 376 g/mol. The van der Waals surface area contributed by atoms with Crippen molar-refractivity contribution in [3.63, 3.8) is 0 Å². The zero-order valence-electron chi connectivity index (χ0n) is 8.75. The molecule has 128 valence electrons. The van der Waals surface area contributed by atoms with Gasteiger partial charge in [0.25, 0.3) is 0 Å². The molecule has 0 radical (unpaired) electrons. The topological polar surface area (TPSA) is 458 Å². The number of hydrogen-bond donors (Lipinski definition) is 0. The van der Waals surface area contributed by atoms with Crippen molar-refractivity contribution >= 4 is 10.4 Å². The van der Waals surface area contributed by atoms with Gasteiger partial charge in [0.05, 0.1) is 0 Å². The first-order valence-corrected chi connectivity index (χ1v) is 2.00. The van der Waals surface area contributed by atoms with Gasteiger partial charge in [0.15, 0.2) is 0 Å². The maximum Gasteiger partial charge on any atom is 2.00 e. The largest absolute Gasteiger partial charge is 2.00 e. The fraction of sp³-hybridized carbons (Fsp3) is 0. The Morgan fingerprint density at radius 1 is 0.444 bits per heavy atom. The molecular formula is H24O16SZn. The second-order valence-corrected chi connectivity index (χ2v) is 1.22. The Hall–Kier alpha value is 0.0134. The van der Waals surface area contributed by atoms with E-state index in [1.165, 1.54) is 0 Å². The van der Waals surface area contributed by atoms with Crippen molar-refractivity contribution in [3.05, 3.63) is 0 Å². The predicted molar refractivity (Wildman–Crippen MR) is 53.8 cm³/mol. The third-order valence-electron chi connectivity index (χ3n) is 0. The Kier molecular flexibility index (Phi) is 2170. The summed E-state index contributed by atoms with van der Waals surface area (Å²) in [4.78, 5) is 0. The van der Waals surface area contributed by atoms with E-state index in [4.69, 9.17) is 17.5 Å². The average Bonchev–Trinajstić information content (AvgIpc) is 0.722. The van der Waals surface area contributed by atoms with Gasteiger partial charge in [0.2, 0.25) is 0 Å². The summed E-state index contributed by atoms with van der Waals surface area (Å²) in [6.07, 6.45) is 0. The van der Waals surface area contributed by atoms with Crippen LogP contribution in [-0.2, 0) is 29.9 Å². The van der Waals surface area contributed by atoms with E-state index in [1.54, 1.807) is 0 Å². The van der Waals surface area contributed by atoms with Gasteiger partial charge in [-0.15, -0.1) is 0 Å². The molecule has 0 unspecified atom stereocenters. The van der Waals surface area contributed by atoms with Crippen molar-refractivity contribution in [2.45, 2.75) is 0 Å². The molecule has 0 bridgehead atoms. The van der Waals surface area contributed by atoms with Crippen LogP contribution in [0.15, 0.2) is 0 Å². The minimum absolute atomic E-state index is 0. The molecule has 24 N–H and O–H groups in total. The molecule has 0 aromatic rings. The Balaban J connectivity index is -0.00000000103. The quantitative estimate of drug-likeness (QED) is 0.225. The minimum Gasteiger partial charge on any atom is -0.759 e. The summed E-state index contributed by atoms with van der Waals surface area (Å²) in [6, 6.07) is 0. The normalized spacial score (nSPS) is 3.22. The van der Waals surface area contributed by atoms with Gasteiger partial charge in [-0.1, -0.05) is 0 Å². The SMILES string of the molecule is O.O.O.O.O.O.O.O.O.O.O.O.O=S(=O)([O-])[O-].[Zn+2]. The van der Waals surface area contributed by atoms with Crippen LogP contribution in [0.5, 0.6) is 0 Å². The third-order valence-corrected chi connectivity index (χ3v) is 0. The van der Waals surface area contributed by atoms with Crippen LogP contribution in [0, 0.1) is 0 Å². The van der Waals surface area contributed by atoms with Crippen molar-refractivity contribution in [1.29, 1.82) is 0 Å². The molecule has 18 heteroatoms. The standard InChI is InChI=1S/H2O4S.12H2O.Zn/c1-5(2,3)4;;;;;;;;;;;;;/h(H2,1,2,3,4);12*1H2;/q;;;;;;;;;;;;;+2/p-2. The molecule has 16 nitrogen and oxygen atoms in total. The van der Waals surface area contributed by atoms with E-state index in [2.05, 4.69) is 0 Å². The van der Waals surface area contributed by atoms with Gasteiger partial charge < -0.3 is 74.8 Å². The van der Waals surface area contributed by atoms with E-state index in [9.17, 15) is 0 Å². The Morgan fingerprint density at radius 2 is 0.444 bits per heavy atom. The van der Waals surface area contributed by atoms with E-state index in [0.717, 1.165) is 0 Å². The summed E-state index contributed by atoms with van der Waals surface area (Å²) in [5.41, 5.74) is 0. The van der Waals surface area contributed by atoms with Crippen molar-refractivity contribution in [3.8, 4) is 0 Å². The molecule has 0 aliphatic heterocycles. The maximum absolute atomic E-state index is 8.52. The molecule has 18 heavy (non-hydrogen) atoms. The molecule has 0 fully saturated rings. The molecule has 0 atom stereocenters. The van der Waals surface area contributed by atoms with E-state index in [1.807, 2.05) is 0 Å². The molecule has 0 amide bonds. The fourth-order valence-electron chi connectivity index (χ4n) is 0. The molecule has 0 heterocycles. The fourth-order valence-corrected chi connectivity index (χ4v) is 0. The Bertz CT molecular complexity index is 94.3. The van der Waals surface area contributed by atoms with Crippen LogP contribution >= 0.6 is 0 Å². The number of rotatable bonds is 0. The van der Waals surface area contributed by atoms with Gasteiger partial charge >= 0.3 is 19.5 Å². The van der Waals surface area contributed by atoms with Crippen LogP contribution in [0.1, 0.15) is 0 Å². The van der Waals surface area contributed by atoms with Crippen LogP contribution in [0.25, 0.3) is 0 Å². The zero-order valence-corrected chi connectivity index (χ0v) is 12.5. The first-order valence-electron chi connectivity index (χ1n) is 0.667. The summed E-state index contributed by atoms with van der Waals surface area (Å²) in [5, 5.41) is 0. The van der Waals surface area contributed by atoms with Gasteiger partial charge in [-0.05, 0) is 0 Å². The number of hydrogen-bond acceptors (Lipinski definition) is 4. The van der Waals surface area contributed by atoms with Crippen molar-refractivity contribution < 1.29 is 103 Å². The van der Waals surface area contributed by atoms with Gasteiger partial charge in [0, 0.05) is 10.4 Å². The molecule has 0 aromatic heterocycles. The molecule has 0 aliphatic carbocycles. The van der Waals surface area contributed by atoms with Crippen molar-refractivity contribution in [2.24, 2.45) is 0 Å². The first kappa shape index (κ1) is 324. The minimum atomic E-state index is -5.17. The van der Waals surface area contributed by atoms with Crippen LogP contribution < -0.4 is 0 Å². The van der Waals surface area contributed by atoms with Gasteiger partial charge in [0.1, 0.15) is 0 Å². The van der Waals surface area contributed by atoms with Crippen molar-refractivity contribution in [2.75, 3.05) is 0 Å².